The lowest BCUT2D eigenvalue weighted by atomic mass is 10.0. The zero-order valence-corrected chi connectivity index (χ0v) is 12.1. The van der Waals surface area contributed by atoms with Crippen LogP contribution in [0.5, 0.6) is 0 Å². The summed E-state index contributed by atoms with van der Waals surface area (Å²) >= 11 is 0. The van der Waals surface area contributed by atoms with Gasteiger partial charge in [-0.3, -0.25) is 9.69 Å². The first kappa shape index (κ1) is 13.8. The normalized spacial score (nSPS) is 22.8. The van der Waals surface area contributed by atoms with Gasteiger partial charge >= 0.3 is 5.97 Å². The van der Waals surface area contributed by atoms with Crippen LogP contribution >= 0.6 is 0 Å². The fourth-order valence-electron chi connectivity index (χ4n) is 2.79. The summed E-state index contributed by atoms with van der Waals surface area (Å²) in [6.07, 6.45) is 0. The van der Waals surface area contributed by atoms with Crippen molar-refractivity contribution in [1.82, 2.24) is 4.90 Å². The smallest absolute Gasteiger partial charge is 0.323 e. The fourth-order valence-corrected chi connectivity index (χ4v) is 2.79. The monoisotopic (exact) mass is 281 g/mol. The molecule has 1 fully saturated rings. The van der Waals surface area contributed by atoms with Crippen molar-refractivity contribution in [2.75, 3.05) is 6.61 Å². The Bertz CT molecular complexity index is 597. The molecule has 21 heavy (non-hydrogen) atoms. The minimum absolute atomic E-state index is 0.110. The van der Waals surface area contributed by atoms with Crippen LogP contribution in [0.3, 0.4) is 0 Å². The molecule has 2 aromatic rings. The maximum absolute atomic E-state index is 11.9. The van der Waals surface area contributed by atoms with E-state index in [1.54, 1.807) is 0 Å². The van der Waals surface area contributed by atoms with Crippen LogP contribution < -0.4 is 0 Å². The molecule has 0 amide bonds. The molecule has 0 aromatic heterocycles. The summed E-state index contributed by atoms with van der Waals surface area (Å²) in [5.41, 5.74) is 2.40. The second kappa shape index (κ2) is 6.10. The number of rotatable bonds is 3. The van der Waals surface area contributed by atoms with Crippen LogP contribution in [-0.4, -0.2) is 23.5 Å². The molecule has 1 unspecified atom stereocenters. The van der Waals surface area contributed by atoms with Gasteiger partial charge in [0.15, 0.2) is 0 Å². The van der Waals surface area contributed by atoms with Gasteiger partial charge in [-0.05, 0) is 18.1 Å². The highest BCUT2D eigenvalue weighted by Gasteiger charge is 2.35. The fraction of sp³-hybridized carbons (Fsp3) is 0.278. The van der Waals surface area contributed by atoms with E-state index in [4.69, 9.17) is 4.74 Å². The van der Waals surface area contributed by atoms with Crippen LogP contribution in [0.15, 0.2) is 60.7 Å². The Balaban J connectivity index is 1.88. The second-order valence-corrected chi connectivity index (χ2v) is 5.39. The van der Waals surface area contributed by atoms with E-state index in [1.807, 2.05) is 43.3 Å². The van der Waals surface area contributed by atoms with Gasteiger partial charge in [0.05, 0.1) is 6.04 Å². The van der Waals surface area contributed by atoms with Crippen molar-refractivity contribution in [2.24, 2.45) is 0 Å². The van der Waals surface area contributed by atoms with Gasteiger partial charge in [0, 0.05) is 6.54 Å². The Hall–Kier alpha value is -2.13. The molecule has 2 atom stereocenters. The van der Waals surface area contributed by atoms with Gasteiger partial charge in [-0.2, -0.15) is 0 Å². The summed E-state index contributed by atoms with van der Waals surface area (Å²) in [5, 5.41) is 0. The summed E-state index contributed by atoms with van der Waals surface area (Å²) in [6.45, 7) is 3.08. The molecule has 3 rings (SSSR count). The molecule has 0 radical (unpaired) electrons. The van der Waals surface area contributed by atoms with Gasteiger partial charge in [-0.1, -0.05) is 60.7 Å². The molecule has 1 aliphatic heterocycles. The van der Waals surface area contributed by atoms with Crippen molar-refractivity contribution < 1.29 is 9.53 Å². The Morgan fingerprint density at radius 1 is 1.05 bits per heavy atom. The number of carbonyl (C=O) groups is 1. The number of hydrogen-bond acceptors (Lipinski definition) is 3. The first-order valence-corrected chi connectivity index (χ1v) is 7.27. The standard InChI is InChI=1S/C18H19NO2/c1-14-18(20)21-13-17(16-10-6-3-7-11-16)19(14)12-15-8-4-2-5-9-15/h2-11,14,17H,12-13H2,1H3/t14?,17-/m0/s1. The van der Waals surface area contributed by atoms with E-state index in [0.29, 0.717) is 6.61 Å². The summed E-state index contributed by atoms with van der Waals surface area (Å²) < 4.78 is 5.34. The van der Waals surface area contributed by atoms with Gasteiger partial charge in [0.2, 0.25) is 0 Å². The molecular formula is C18H19NO2. The molecule has 1 heterocycles. The summed E-state index contributed by atoms with van der Waals surface area (Å²) in [4.78, 5) is 14.1. The topological polar surface area (TPSA) is 29.5 Å². The highest BCUT2D eigenvalue weighted by Crippen LogP contribution is 2.29. The quantitative estimate of drug-likeness (QED) is 0.809. The minimum atomic E-state index is -0.232. The van der Waals surface area contributed by atoms with Gasteiger partial charge in [-0.15, -0.1) is 0 Å². The van der Waals surface area contributed by atoms with E-state index in [2.05, 4.69) is 29.2 Å². The Morgan fingerprint density at radius 2 is 1.67 bits per heavy atom. The number of ether oxygens (including phenoxy) is 1. The number of morpholine rings is 1. The molecule has 2 aromatic carbocycles. The van der Waals surface area contributed by atoms with Crippen molar-refractivity contribution in [3.63, 3.8) is 0 Å². The zero-order valence-electron chi connectivity index (χ0n) is 12.1. The third-order valence-corrected chi connectivity index (χ3v) is 4.01. The van der Waals surface area contributed by atoms with Crippen molar-refractivity contribution in [3.8, 4) is 0 Å². The van der Waals surface area contributed by atoms with Gasteiger partial charge in [0.25, 0.3) is 0 Å². The Labute approximate surface area is 125 Å². The van der Waals surface area contributed by atoms with Crippen LogP contribution in [0.25, 0.3) is 0 Å². The zero-order chi connectivity index (χ0) is 14.7. The lowest BCUT2D eigenvalue weighted by molar-refractivity contribution is -0.162. The molecule has 0 aliphatic carbocycles. The SMILES string of the molecule is CC1C(=O)OC[C@@H](c2ccccc2)N1Cc1ccccc1. The number of carbonyl (C=O) groups excluding carboxylic acids is 1. The van der Waals surface area contributed by atoms with E-state index >= 15 is 0 Å². The number of cyclic esters (lactones) is 1. The highest BCUT2D eigenvalue weighted by atomic mass is 16.5. The molecule has 3 heteroatoms. The molecule has 3 nitrogen and oxygen atoms in total. The average molecular weight is 281 g/mol. The molecule has 0 saturated carbocycles. The lowest BCUT2D eigenvalue weighted by Crippen LogP contribution is -2.48. The predicted octanol–water partition coefficient (Wildman–Crippen LogP) is 3.18. The van der Waals surface area contributed by atoms with E-state index in [9.17, 15) is 4.79 Å². The predicted molar refractivity (Wildman–Crippen MR) is 81.6 cm³/mol. The number of nitrogens with zero attached hydrogens (tertiary/aromatic N) is 1. The summed E-state index contributed by atoms with van der Waals surface area (Å²) in [5.74, 6) is -0.141. The van der Waals surface area contributed by atoms with Crippen molar-refractivity contribution in [3.05, 3.63) is 71.8 Å². The van der Waals surface area contributed by atoms with Crippen LogP contribution in [0.2, 0.25) is 0 Å². The van der Waals surface area contributed by atoms with Gasteiger partial charge < -0.3 is 4.74 Å². The Kier molecular flexibility index (Phi) is 4.02. The van der Waals surface area contributed by atoms with Gasteiger partial charge in [0.1, 0.15) is 12.6 Å². The van der Waals surface area contributed by atoms with E-state index in [0.717, 1.165) is 6.54 Å². The minimum Gasteiger partial charge on any atom is -0.462 e. The lowest BCUT2D eigenvalue weighted by Gasteiger charge is -2.39. The molecule has 0 spiro atoms. The van der Waals surface area contributed by atoms with Crippen LogP contribution in [0.1, 0.15) is 24.1 Å². The summed E-state index contributed by atoms with van der Waals surface area (Å²) in [7, 11) is 0. The highest BCUT2D eigenvalue weighted by molar-refractivity contribution is 5.76. The van der Waals surface area contributed by atoms with E-state index < -0.39 is 0 Å². The maximum Gasteiger partial charge on any atom is 0.323 e. The maximum atomic E-state index is 11.9. The van der Waals surface area contributed by atoms with Crippen molar-refractivity contribution >= 4 is 5.97 Å². The number of hydrogen-bond donors (Lipinski definition) is 0. The molecular weight excluding hydrogens is 262 g/mol. The van der Waals surface area contributed by atoms with Crippen LogP contribution in [0, 0.1) is 0 Å². The van der Waals surface area contributed by atoms with Crippen LogP contribution in [0.4, 0.5) is 0 Å². The first-order valence-electron chi connectivity index (χ1n) is 7.27. The van der Waals surface area contributed by atoms with Crippen molar-refractivity contribution in [1.29, 1.82) is 0 Å². The number of esters is 1. The van der Waals surface area contributed by atoms with E-state index in [1.165, 1.54) is 11.1 Å². The first-order chi connectivity index (χ1) is 10.3. The molecule has 1 saturated heterocycles. The van der Waals surface area contributed by atoms with Crippen molar-refractivity contribution in [2.45, 2.75) is 25.6 Å². The Morgan fingerprint density at radius 3 is 2.33 bits per heavy atom. The summed E-state index contributed by atoms with van der Waals surface area (Å²) in [6, 6.07) is 20.4. The largest absolute Gasteiger partial charge is 0.462 e. The van der Waals surface area contributed by atoms with E-state index in [-0.39, 0.29) is 18.1 Å². The second-order valence-electron chi connectivity index (χ2n) is 5.39. The molecule has 1 aliphatic rings. The van der Waals surface area contributed by atoms with Crippen LogP contribution in [-0.2, 0) is 16.1 Å². The third-order valence-electron chi connectivity index (χ3n) is 4.01. The molecule has 108 valence electrons. The third kappa shape index (κ3) is 2.98. The molecule has 0 N–H and O–H groups in total. The average Bonchev–Trinajstić information content (AvgIpc) is 2.54. The molecule has 0 bridgehead atoms. The van der Waals surface area contributed by atoms with Gasteiger partial charge in [-0.25, -0.2) is 0 Å². The number of benzene rings is 2.